The number of benzene rings is 1. The summed E-state index contributed by atoms with van der Waals surface area (Å²) in [5.74, 6) is -0.0490. The van der Waals surface area contributed by atoms with Crippen LogP contribution in [0, 0.1) is 11.2 Å². The molecule has 1 aromatic rings. The molecule has 3 saturated heterocycles. The van der Waals surface area contributed by atoms with Crippen molar-refractivity contribution < 1.29 is 19.1 Å². The Morgan fingerprint density at radius 1 is 1.00 bits per heavy atom. The molecule has 7 heteroatoms. The topological polar surface area (TPSA) is 64.1 Å². The van der Waals surface area contributed by atoms with Crippen LogP contribution in [0.25, 0.3) is 0 Å². The van der Waals surface area contributed by atoms with E-state index in [4.69, 9.17) is 0 Å². The number of carbonyl (C=O) groups is 2. The Labute approximate surface area is 183 Å². The Kier molecular flexibility index (Phi) is 5.40. The number of aliphatic hydroxyl groups is 1. The highest BCUT2D eigenvalue weighted by molar-refractivity contribution is 5.95. The monoisotopic (exact) mass is 429 g/mol. The van der Waals surface area contributed by atoms with Crippen molar-refractivity contribution in [3.05, 3.63) is 24.0 Å². The van der Waals surface area contributed by atoms with Gasteiger partial charge in [-0.1, -0.05) is 0 Å². The Morgan fingerprint density at radius 2 is 1.81 bits per heavy atom. The molecule has 31 heavy (non-hydrogen) atoms. The number of aliphatic hydroxyl groups excluding tert-OH is 1. The van der Waals surface area contributed by atoms with Crippen LogP contribution in [0.5, 0.6) is 0 Å². The van der Waals surface area contributed by atoms with Gasteiger partial charge in [-0.25, -0.2) is 4.39 Å². The standard InChI is InChI=1S/C24H32FN3O3/c25-20-15-18(27-13-1-3-22(27)30)6-9-21(20)26-12-2-10-24(16-26)11-14-28(23(24)31)17-4-7-19(29)8-5-17/h6,9,15,17,19,29H,1-5,7-8,10-14,16H2/t17-,19-,24-/m1/s1. The number of hydrogen-bond donors (Lipinski definition) is 1. The fourth-order valence-corrected chi connectivity index (χ4v) is 6.12. The summed E-state index contributed by atoms with van der Waals surface area (Å²) in [4.78, 5) is 31.2. The van der Waals surface area contributed by atoms with Crippen LogP contribution in [-0.4, -0.2) is 60.1 Å². The summed E-state index contributed by atoms with van der Waals surface area (Å²) >= 11 is 0. The molecule has 0 aromatic heterocycles. The first-order valence-corrected chi connectivity index (χ1v) is 11.8. The van der Waals surface area contributed by atoms with Crippen LogP contribution in [0.3, 0.4) is 0 Å². The molecule has 3 aliphatic heterocycles. The van der Waals surface area contributed by atoms with Gasteiger partial charge < -0.3 is 19.8 Å². The van der Waals surface area contributed by atoms with Crippen molar-refractivity contribution in [2.24, 2.45) is 5.41 Å². The molecule has 0 radical (unpaired) electrons. The summed E-state index contributed by atoms with van der Waals surface area (Å²) < 4.78 is 15.1. The maximum atomic E-state index is 15.1. The quantitative estimate of drug-likeness (QED) is 0.802. The molecule has 4 fully saturated rings. The van der Waals surface area contributed by atoms with Crippen LogP contribution in [0.4, 0.5) is 15.8 Å². The van der Waals surface area contributed by atoms with Gasteiger partial charge in [-0.15, -0.1) is 0 Å². The average molecular weight is 430 g/mol. The molecule has 1 aliphatic carbocycles. The summed E-state index contributed by atoms with van der Waals surface area (Å²) in [5, 5.41) is 9.80. The largest absolute Gasteiger partial charge is 0.393 e. The van der Waals surface area contributed by atoms with E-state index in [1.807, 2.05) is 15.9 Å². The number of anilines is 2. The van der Waals surface area contributed by atoms with Crippen LogP contribution >= 0.6 is 0 Å². The maximum absolute atomic E-state index is 15.1. The number of likely N-dealkylation sites (tertiary alicyclic amines) is 1. The first kappa shape index (κ1) is 20.7. The van der Waals surface area contributed by atoms with Gasteiger partial charge in [-0.3, -0.25) is 9.59 Å². The predicted molar refractivity (Wildman–Crippen MR) is 116 cm³/mol. The Morgan fingerprint density at radius 3 is 2.52 bits per heavy atom. The van der Waals surface area contributed by atoms with Crippen molar-refractivity contribution in [1.29, 1.82) is 0 Å². The highest BCUT2D eigenvalue weighted by atomic mass is 19.1. The zero-order chi connectivity index (χ0) is 21.6. The van der Waals surface area contributed by atoms with Crippen LogP contribution in [0.15, 0.2) is 18.2 Å². The van der Waals surface area contributed by atoms with E-state index in [0.717, 1.165) is 64.5 Å². The third kappa shape index (κ3) is 3.71. The summed E-state index contributed by atoms with van der Waals surface area (Å²) in [6, 6.07) is 5.31. The minimum atomic E-state index is -0.426. The molecule has 5 rings (SSSR count). The minimum Gasteiger partial charge on any atom is -0.393 e. The molecule has 0 unspecified atom stereocenters. The number of piperidine rings is 1. The Bertz CT molecular complexity index is 870. The molecule has 4 aliphatic rings. The third-order valence-corrected chi connectivity index (χ3v) is 7.89. The third-order valence-electron chi connectivity index (χ3n) is 7.89. The fraction of sp³-hybridized carbons (Fsp3) is 0.667. The maximum Gasteiger partial charge on any atom is 0.230 e. The van der Waals surface area contributed by atoms with Crippen LogP contribution in [-0.2, 0) is 9.59 Å². The normalized spacial score (nSPS) is 31.9. The predicted octanol–water partition coefficient (Wildman–Crippen LogP) is 3.07. The molecular formula is C24H32FN3O3. The summed E-state index contributed by atoms with van der Waals surface area (Å²) in [5.41, 5.74) is 0.726. The van der Waals surface area contributed by atoms with Crippen LogP contribution in [0.2, 0.25) is 0 Å². The molecule has 1 N–H and O–H groups in total. The van der Waals surface area contributed by atoms with Gasteiger partial charge in [0.15, 0.2) is 0 Å². The van der Waals surface area contributed by atoms with E-state index in [-0.39, 0.29) is 29.8 Å². The Hall–Kier alpha value is -2.15. The molecular weight excluding hydrogens is 397 g/mol. The fourth-order valence-electron chi connectivity index (χ4n) is 6.12. The average Bonchev–Trinajstić information content (AvgIpc) is 3.33. The van der Waals surface area contributed by atoms with Crippen molar-refractivity contribution in [3.63, 3.8) is 0 Å². The molecule has 6 nitrogen and oxygen atoms in total. The van der Waals surface area contributed by atoms with Gasteiger partial charge in [0.1, 0.15) is 5.82 Å². The first-order valence-electron chi connectivity index (χ1n) is 11.8. The zero-order valence-corrected chi connectivity index (χ0v) is 18.1. The SMILES string of the molecule is O=C1CCCN1c1ccc(N2CCC[C@@]3(CCN([C@H]4CC[C@H](O)CC4)C3=O)C2)c(F)c1. The lowest BCUT2D eigenvalue weighted by molar-refractivity contribution is -0.139. The Balaban J connectivity index is 1.31. The van der Waals surface area contributed by atoms with E-state index in [1.165, 1.54) is 6.07 Å². The van der Waals surface area contributed by atoms with Gasteiger partial charge in [0.25, 0.3) is 0 Å². The second-order valence-corrected chi connectivity index (χ2v) is 9.80. The van der Waals surface area contributed by atoms with Gasteiger partial charge in [0.2, 0.25) is 11.8 Å². The number of halogens is 1. The van der Waals surface area contributed by atoms with Gasteiger partial charge >= 0.3 is 0 Å². The minimum absolute atomic E-state index is 0.0518. The first-order chi connectivity index (χ1) is 15.0. The van der Waals surface area contributed by atoms with E-state index in [1.54, 1.807) is 11.0 Å². The summed E-state index contributed by atoms with van der Waals surface area (Å²) in [6.07, 6.45) is 6.95. The number of rotatable bonds is 3. The van der Waals surface area contributed by atoms with Crippen molar-refractivity contribution in [1.82, 2.24) is 4.90 Å². The number of hydrogen-bond acceptors (Lipinski definition) is 4. The van der Waals surface area contributed by atoms with E-state index in [2.05, 4.69) is 0 Å². The van der Waals surface area contributed by atoms with Crippen LogP contribution in [0.1, 0.15) is 57.8 Å². The molecule has 1 saturated carbocycles. The number of carbonyl (C=O) groups excluding carboxylic acids is 2. The van der Waals surface area contributed by atoms with E-state index < -0.39 is 5.41 Å². The van der Waals surface area contributed by atoms with Crippen molar-refractivity contribution in [2.45, 2.75) is 69.9 Å². The number of nitrogens with zero attached hydrogens (tertiary/aromatic N) is 3. The van der Waals surface area contributed by atoms with Crippen molar-refractivity contribution in [3.8, 4) is 0 Å². The molecule has 1 atom stereocenters. The summed E-state index contributed by atoms with van der Waals surface area (Å²) in [7, 11) is 0. The molecule has 1 spiro atoms. The smallest absolute Gasteiger partial charge is 0.230 e. The lowest BCUT2D eigenvalue weighted by Crippen LogP contribution is -2.50. The molecule has 1 aromatic carbocycles. The van der Waals surface area contributed by atoms with Gasteiger partial charge in [-0.05, 0) is 69.6 Å². The van der Waals surface area contributed by atoms with Crippen LogP contribution < -0.4 is 9.80 Å². The zero-order valence-electron chi connectivity index (χ0n) is 18.1. The second kappa shape index (κ2) is 8.08. The number of amides is 2. The molecule has 3 heterocycles. The highest BCUT2D eigenvalue weighted by Gasteiger charge is 2.50. The van der Waals surface area contributed by atoms with E-state index >= 15 is 4.39 Å². The molecule has 0 bridgehead atoms. The highest BCUT2D eigenvalue weighted by Crippen LogP contribution is 2.44. The lowest BCUT2D eigenvalue weighted by atomic mass is 9.78. The summed E-state index contributed by atoms with van der Waals surface area (Å²) in [6.45, 7) is 2.71. The van der Waals surface area contributed by atoms with Crippen molar-refractivity contribution in [2.75, 3.05) is 36.0 Å². The van der Waals surface area contributed by atoms with Gasteiger partial charge in [-0.2, -0.15) is 0 Å². The molecule has 168 valence electrons. The van der Waals surface area contributed by atoms with E-state index in [9.17, 15) is 14.7 Å². The van der Waals surface area contributed by atoms with Gasteiger partial charge in [0.05, 0.1) is 17.2 Å². The second-order valence-electron chi connectivity index (χ2n) is 9.80. The van der Waals surface area contributed by atoms with Crippen molar-refractivity contribution >= 4 is 23.2 Å². The van der Waals surface area contributed by atoms with Gasteiger partial charge in [0, 0.05) is 44.3 Å². The molecule has 2 amide bonds. The lowest BCUT2D eigenvalue weighted by Gasteiger charge is -2.41. The van der Waals surface area contributed by atoms with E-state index in [0.29, 0.717) is 30.9 Å².